The number of carbonyl (C=O) groups is 1. The summed E-state index contributed by atoms with van der Waals surface area (Å²) in [6.45, 7) is 3.59. The van der Waals surface area contributed by atoms with Crippen LogP contribution in [0.15, 0.2) is 24.3 Å². The van der Waals surface area contributed by atoms with E-state index in [1.54, 1.807) is 28.4 Å². The van der Waals surface area contributed by atoms with Crippen molar-refractivity contribution in [3.05, 3.63) is 46.5 Å². The average molecular weight is 519 g/mol. The lowest BCUT2D eigenvalue weighted by molar-refractivity contribution is -0.112. The molecule has 0 saturated heterocycles. The first-order valence-electron chi connectivity index (χ1n) is 12.4. The number of methoxy groups -OCH3 is 4. The summed E-state index contributed by atoms with van der Waals surface area (Å²) in [6, 6.07) is 8.30. The van der Waals surface area contributed by atoms with E-state index in [0.717, 1.165) is 81.1 Å². The minimum Gasteiger partial charge on any atom is -0.493 e. The molecule has 2 atom stereocenters. The second-order valence-corrected chi connectivity index (χ2v) is 9.57. The lowest BCUT2D eigenvalue weighted by Crippen LogP contribution is -2.41. The number of nitrogens with zero attached hydrogens (tertiary/aromatic N) is 2. The van der Waals surface area contributed by atoms with Crippen LogP contribution >= 0.6 is 12.4 Å². The van der Waals surface area contributed by atoms with Gasteiger partial charge in [0.2, 0.25) is 0 Å². The van der Waals surface area contributed by atoms with E-state index in [1.165, 1.54) is 22.3 Å². The molecule has 1 unspecified atom stereocenters. The SMILES string of the molecule is COc1cc2c(cc1OC)CCN(C(C=O)CCN(C)C[C@@H]1Cc3cc(OC)c(OC)cc31)CC2.Cl. The predicted molar refractivity (Wildman–Crippen MR) is 144 cm³/mol. The second-order valence-electron chi connectivity index (χ2n) is 9.57. The van der Waals surface area contributed by atoms with Crippen molar-refractivity contribution in [2.24, 2.45) is 0 Å². The molecule has 2 aromatic rings. The van der Waals surface area contributed by atoms with Gasteiger partial charge < -0.3 is 28.6 Å². The largest absolute Gasteiger partial charge is 0.493 e. The van der Waals surface area contributed by atoms with E-state index >= 15 is 0 Å². The molecule has 0 fully saturated rings. The molecular formula is C28H39ClN2O5. The molecule has 36 heavy (non-hydrogen) atoms. The molecule has 0 spiro atoms. The summed E-state index contributed by atoms with van der Waals surface area (Å²) in [5.41, 5.74) is 5.24. The van der Waals surface area contributed by atoms with Gasteiger partial charge in [0, 0.05) is 25.6 Å². The molecule has 7 nitrogen and oxygen atoms in total. The van der Waals surface area contributed by atoms with Crippen molar-refractivity contribution in [1.82, 2.24) is 9.80 Å². The molecule has 1 aliphatic heterocycles. The van der Waals surface area contributed by atoms with E-state index < -0.39 is 0 Å². The Kier molecular flexibility index (Phi) is 9.88. The number of hydrogen-bond donors (Lipinski definition) is 0. The van der Waals surface area contributed by atoms with E-state index in [2.05, 4.69) is 41.1 Å². The number of hydrogen-bond acceptors (Lipinski definition) is 7. The highest BCUT2D eigenvalue weighted by atomic mass is 35.5. The van der Waals surface area contributed by atoms with Crippen molar-refractivity contribution in [2.45, 2.75) is 37.6 Å². The maximum atomic E-state index is 12.1. The topological polar surface area (TPSA) is 60.5 Å². The van der Waals surface area contributed by atoms with Crippen molar-refractivity contribution < 1.29 is 23.7 Å². The summed E-state index contributed by atoms with van der Waals surface area (Å²) < 4.78 is 21.9. The van der Waals surface area contributed by atoms with Crippen molar-refractivity contribution in [2.75, 3.05) is 61.7 Å². The van der Waals surface area contributed by atoms with E-state index in [1.807, 2.05) is 0 Å². The number of aldehydes is 1. The molecule has 2 aliphatic rings. The van der Waals surface area contributed by atoms with Crippen LogP contribution in [-0.2, 0) is 24.1 Å². The molecule has 0 aromatic heterocycles. The van der Waals surface area contributed by atoms with Gasteiger partial charge in [0.05, 0.1) is 34.5 Å². The smallest absolute Gasteiger partial charge is 0.161 e. The van der Waals surface area contributed by atoms with Gasteiger partial charge >= 0.3 is 0 Å². The monoisotopic (exact) mass is 518 g/mol. The number of likely N-dealkylation sites (N-methyl/N-ethyl adjacent to an activating group) is 1. The van der Waals surface area contributed by atoms with Crippen LogP contribution in [-0.4, -0.2) is 83.8 Å². The summed E-state index contributed by atoms with van der Waals surface area (Å²) in [7, 11) is 8.84. The lowest BCUT2D eigenvalue weighted by Gasteiger charge is -2.35. The van der Waals surface area contributed by atoms with Crippen molar-refractivity contribution >= 4 is 18.7 Å². The molecule has 8 heteroatoms. The highest BCUT2D eigenvalue weighted by molar-refractivity contribution is 5.85. The Morgan fingerprint density at radius 3 is 1.89 bits per heavy atom. The standard InChI is InChI=1S/C28H38N2O5.ClH/c1-29(17-22-12-21-15-27(34-4)28(35-5)16-24(21)22)9-8-23(18-31)30-10-6-19-13-25(32-2)26(33-3)14-20(19)7-11-30;/h13-16,18,22-23H,6-12,17H2,1-5H3;1H/t22-,23?;/m0./s1. The van der Waals surface area contributed by atoms with Crippen molar-refractivity contribution in [3.63, 3.8) is 0 Å². The van der Waals surface area contributed by atoms with Gasteiger partial charge in [0.25, 0.3) is 0 Å². The van der Waals surface area contributed by atoms with Crippen LogP contribution < -0.4 is 18.9 Å². The van der Waals surface area contributed by atoms with Gasteiger partial charge in [-0.25, -0.2) is 0 Å². The molecule has 2 aromatic carbocycles. The van der Waals surface area contributed by atoms with Gasteiger partial charge in [-0.15, -0.1) is 12.4 Å². The first-order valence-corrected chi connectivity index (χ1v) is 12.4. The Morgan fingerprint density at radius 1 is 0.889 bits per heavy atom. The molecule has 0 N–H and O–H groups in total. The van der Waals surface area contributed by atoms with Crippen LogP contribution in [0.4, 0.5) is 0 Å². The van der Waals surface area contributed by atoms with Gasteiger partial charge in [-0.1, -0.05) is 0 Å². The number of rotatable bonds is 11. The zero-order valence-electron chi connectivity index (χ0n) is 22.0. The van der Waals surface area contributed by atoms with E-state index in [-0.39, 0.29) is 18.4 Å². The summed E-state index contributed by atoms with van der Waals surface area (Å²) in [6.07, 6.45) is 4.81. The number of fused-ring (bicyclic) bond motifs is 2. The van der Waals surface area contributed by atoms with Crippen LogP contribution in [0.3, 0.4) is 0 Å². The fraction of sp³-hybridized carbons (Fsp3) is 0.536. The molecule has 0 bridgehead atoms. The number of benzene rings is 2. The molecule has 0 amide bonds. The number of halogens is 1. The van der Waals surface area contributed by atoms with Gasteiger partial charge in [-0.3, -0.25) is 4.90 Å². The molecule has 4 rings (SSSR count). The van der Waals surface area contributed by atoms with Gasteiger partial charge in [-0.2, -0.15) is 0 Å². The van der Waals surface area contributed by atoms with E-state index in [4.69, 9.17) is 18.9 Å². The van der Waals surface area contributed by atoms with Crippen molar-refractivity contribution in [3.8, 4) is 23.0 Å². The fourth-order valence-electron chi connectivity index (χ4n) is 5.46. The highest BCUT2D eigenvalue weighted by Crippen LogP contribution is 2.42. The zero-order valence-corrected chi connectivity index (χ0v) is 22.9. The van der Waals surface area contributed by atoms with Crippen LogP contribution in [0, 0.1) is 0 Å². The Hall–Kier alpha value is -2.48. The number of carbonyl (C=O) groups excluding carboxylic acids is 1. The third-order valence-corrected chi connectivity index (χ3v) is 7.56. The Morgan fingerprint density at radius 2 is 1.39 bits per heavy atom. The molecule has 1 aliphatic carbocycles. The minimum absolute atomic E-state index is 0. The van der Waals surface area contributed by atoms with Gasteiger partial charge in [-0.05, 0) is 85.8 Å². The van der Waals surface area contributed by atoms with Crippen LogP contribution in [0.5, 0.6) is 23.0 Å². The maximum Gasteiger partial charge on any atom is 0.161 e. The Labute approximate surface area is 221 Å². The van der Waals surface area contributed by atoms with Crippen LogP contribution in [0.2, 0.25) is 0 Å². The third-order valence-electron chi connectivity index (χ3n) is 7.56. The summed E-state index contributed by atoms with van der Waals surface area (Å²) in [5.74, 6) is 3.60. The number of ether oxygens (including phenoxy) is 4. The summed E-state index contributed by atoms with van der Waals surface area (Å²) in [5, 5.41) is 0. The van der Waals surface area contributed by atoms with Crippen LogP contribution in [0.1, 0.15) is 34.6 Å². The molecule has 1 heterocycles. The lowest BCUT2D eigenvalue weighted by atomic mass is 9.77. The fourth-order valence-corrected chi connectivity index (χ4v) is 5.46. The minimum atomic E-state index is -0.0754. The molecule has 198 valence electrons. The van der Waals surface area contributed by atoms with E-state index in [0.29, 0.717) is 5.92 Å². The zero-order chi connectivity index (χ0) is 24.9. The van der Waals surface area contributed by atoms with E-state index in [9.17, 15) is 4.79 Å². The first-order chi connectivity index (χ1) is 17.0. The molecule has 0 saturated carbocycles. The Bertz CT molecular complexity index is 1010. The average Bonchev–Trinajstić information content (AvgIpc) is 3.08. The van der Waals surface area contributed by atoms with Gasteiger partial charge in [0.15, 0.2) is 23.0 Å². The summed E-state index contributed by atoms with van der Waals surface area (Å²) in [4.78, 5) is 16.7. The second kappa shape index (κ2) is 12.7. The first kappa shape index (κ1) is 28.1. The van der Waals surface area contributed by atoms with Crippen molar-refractivity contribution in [1.29, 1.82) is 0 Å². The molecule has 0 radical (unpaired) electrons. The normalized spacial score (nSPS) is 17.6. The maximum absolute atomic E-state index is 12.1. The highest BCUT2D eigenvalue weighted by Gasteiger charge is 2.30. The third kappa shape index (κ3) is 5.90. The summed E-state index contributed by atoms with van der Waals surface area (Å²) >= 11 is 0. The Balaban J connectivity index is 0.00000361. The van der Waals surface area contributed by atoms with Gasteiger partial charge in [0.1, 0.15) is 6.29 Å². The molecular weight excluding hydrogens is 480 g/mol. The van der Waals surface area contributed by atoms with Crippen LogP contribution in [0.25, 0.3) is 0 Å². The quantitative estimate of drug-likeness (QED) is 0.420. The predicted octanol–water partition coefficient (Wildman–Crippen LogP) is 3.77.